The number of carbonyl (C=O) groups is 4. The number of hydrogen-bond acceptors (Lipinski definition) is 7. The molecule has 3 N–H and O–H groups in total. The fourth-order valence-corrected chi connectivity index (χ4v) is 3.36. The number of anilines is 1. The number of hydrogen-bond donors (Lipinski definition) is 3. The summed E-state index contributed by atoms with van der Waals surface area (Å²) in [7, 11) is 0. The molecule has 10 nitrogen and oxygen atoms in total. The van der Waals surface area contributed by atoms with Gasteiger partial charge in [0.05, 0.1) is 12.0 Å². The van der Waals surface area contributed by atoms with Gasteiger partial charge in [-0.25, -0.2) is 9.59 Å². The molecule has 1 atom stereocenters. The third-order valence-electron chi connectivity index (χ3n) is 4.69. The molecular weight excluding hydrogens is 442 g/mol. The lowest BCUT2D eigenvalue weighted by Crippen LogP contribution is -2.42. The third kappa shape index (κ3) is 8.57. The molecule has 1 aliphatic heterocycles. The smallest absolute Gasteiger partial charge is 0.407 e. The van der Waals surface area contributed by atoms with Crippen molar-refractivity contribution < 1.29 is 33.8 Å². The number of benzene rings is 1. The number of fused-ring (bicyclic) bond motifs is 1. The lowest BCUT2D eigenvalue weighted by molar-refractivity contribution is -0.141. The van der Waals surface area contributed by atoms with Crippen LogP contribution in [0.1, 0.15) is 70.3 Å². The first-order valence-electron chi connectivity index (χ1n) is 11.2. The Balaban J connectivity index is 2.16. The van der Waals surface area contributed by atoms with Crippen molar-refractivity contribution in [3.05, 3.63) is 29.3 Å². The van der Waals surface area contributed by atoms with Crippen molar-refractivity contribution in [1.82, 2.24) is 10.2 Å². The molecule has 188 valence electrons. The molecule has 1 heterocycles. The van der Waals surface area contributed by atoms with E-state index in [9.17, 15) is 24.3 Å². The fourth-order valence-electron chi connectivity index (χ4n) is 3.36. The van der Waals surface area contributed by atoms with Crippen molar-refractivity contribution in [3.63, 3.8) is 0 Å². The van der Waals surface area contributed by atoms with E-state index in [1.807, 2.05) is 0 Å². The van der Waals surface area contributed by atoms with E-state index in [2.05, 4.69) is 10.6 Å². The van der Waals surface area contributed by atoms with Crippen LogP contribution in [-0.2, 0) is 25.6 Å². The van der Waals surface area contributed by atoms with Crippen molar-refractivity contribution >= 4 is 29.6 Å². The summed E-state index contributed by atoms with van der Waals surface area (Å²) in [5.74, 6) is -1.96. The topological polar surface area (TPSA) is 134 Å². The van der Waals surface area contributed by atoms with Crippen LogP contribution in [0.15, 0.2) is 18.2 Å². The van der Waals surface area contributed by atoms with Gasteiger partial charge in [-0.1, -0.05) is 0 Å². The van der Waals surface area contributed by atoms with Gasteiger partial charge in [0.15, 0.2) is 0 Å². The van der Waals surface area contributed by atoms with Crippen molar-refractivity contribution in [3.8, 4) is 0 Å². The van der Waals surface area contributed by atoms with Gasteiger partial charge in [-0.2, -0.15) is 0 Å². The Labute approximate surface area is 200 Å². The molecule has 0 spiro atoms. The molecule has 1 aliphatic rings. The molecule has 34 heavy (non-hydrogen) atoms. The summed E-state index contributed by atoms with van der Waals surface area (Å²) in [5.41, 5.74) is 0.325. The highest BCUT2D eigenvalue weighted by Gasteiger charge is 2.31. The molecule has 2 rings (SSSR count). The Morgan fingerprint density at radius 1 is 1.12 bits per heavy atom. The monoisotopic (exact) mass is 477 g/mol. The third-order valence-corrected chi connectivity index (χ3v) is 4.69. The van der Waals surface area contributed by atoms with Gasteiger partial charge in [0.1, 0.15) is 17.2 Å². The summed E-state index contributed by atoms with van der Waals surface area (Å²) in [6.07, 6.45) is -0.502. The van der Waals surface area contributed by atoms with Crippen molar-refractivity contribution in [2.24, 2.45) is 0 Å². The summed E-state index contributed by atoms with van der Waals surface area (Å²) >= 11 is 0. The maximum atomic E-state index is 13.1. The second kappa shape index (κ2) is 10.8. The predicted molar refractivity (Wildman–Crippen MR) is 126 cm³/mol. The zero-order valence-corrected chi connectivity index (χ0v) is 20.7. The van der Waals surface area contributed by atoms with Crippen LogP contribution in [0.25, 0.3) is 0 Å². The van der Waals surface area contributed by atoms with E-state index in [1.54, 1.807) is 59.7 Å². The first kappa shape index (κ1) is 26.9. The molecule has 0 bridgehead atoms. The quantitative estimate of drug-likeness (QED) is 0.403. The summed E-state index contributed by atoms with van der Waals surface area (Å²) < 4.78 is 10.6. The van der Waals surface area contributed by atoms with Crippen molar-refractivity contribution in [2.75, 3.05) is 18.4 Å². The van der Waals surface area contributed by atoms with Gasteiger partial charge in [-0.3, -0.25) is 9.59 Å². The van der Waals surface area contributed by atoms with Crippen LogP contribution < -0.4 is 10.6 Å². The van der Waals surface area contributed by atoms with Crippen LogP contribution >= 0.6 is 0 Å². The Hall–Kier alpha value is -3.30. The summed E-state index contributed by atoms with van der Waals surface area (Å²) in [4.78, 5) is 50.3. The Morgan fingerprint density at radius 3 is 2.35 bits per heavy atom. The van der Waals surface area contributed by atoms with Crippen LogP contribution in [0, 0.1) is 0 Å². The molecule has 10 heteroatoms. The molecule has 0 radical (unpaired) electrons. The molecule has 0 aromatic heterocycles. The van der Waals surface area contributed by atoms with Gasteiger partial charge in [0, 0.05) is 25.3 Å². The van der Waals surface area contributed by atoms with Gasteiger partial charge >= 0.3 is 18.0 Å². The number of amides is 2. The lowest BCUT2D eigenvalue weighted by atomic mass is 10.1. The van der Waals surface area contributed by atoms with Crippen molar-refractivity contribution in [2.45, 2.75) is 78.2 Å². The minimum atomic E-state index is -1.11. The van der Waals surface area contributed by atoms with E-state index in [1.165, 1.54) is 4.90 Å². The minimum absolute atomic E-state index is 0.181. The summed E-state index contributed by atoms with van der Waals surface area (Å²) in [6.45, 7) is 11.4. The molecule has 1 aromatic rings. The fraction of sp³-hybridized carbons (Fsp3) is 0.583. The average molecular weight is 478 g/mol. The van der Waals surface area contributed by atoms with Gasteiger partial charge in [0.2, 0.25) is 5.91 Å². The van der Waals surface area contributed by atoms with Gasteiger partial charge < -0.3 is 30.1 Å². The summed E-state index contributed by atoms with van der Waals surface area (Å²) in [5, 5.41) is 14.9. The van der Waals surface area contributed by atoms with Gasteiger partial charge in [-0.15, -0.1) is 0 Å². The highest BCUT2D eigenvalue weighted by Crippen LogP contribution is 2.26. The number of rotatable bonds is 7. The van der Waals surface area contributed by atoms with E-state index < -0.39 is 41.7 Å². The molecule has 1 unspecified atom stereocenters. The van der Waals surface area contributed by atoms with Crippen LogP contribution in [0.5, 0.6) is 0 Å². The number of carbonyl (C=O) groups excluding carboxylic acids is 3. The number of carboxylic acids is 1. The van der Waals surface area contributed by atoms with Crippen molar-refractivity contribution in [1.29, 1.82) is 0 Å². The molecule has 1 aromatic carbocycles. The van der Waals surface area contributed by atoms with Crippen LogP contribution in [0.2, 0.25) is 0 Å². The number of carboxylic acid groups (broad SMARTS) is 1. The van der Waals surface area contributed by atoms with E-state index in [-0.39, 0.29) is 25.5 Å². The SMILES string of the molecule is CC(C)(C)OC(=O)NCCCN1Cc2cc(C(=O)OC(C)(C)C)ccc2NC(CC(=O)O)C1=O. The Morgan fingerprint density at radius 2 is 1.76 bits per heavy atom. The second-order valence-electron chi connectivity index (χ2n) is 10.2. The first-order valence-corrected chi connectivity index (χ1v) is 11.2. The van der Waals surface area contributed by atoms with Gasteiger partial charge in [-0.05, 0) is 71.7 Å². The molecular formula is C24H35N3O7. The molecule has 0 saturated carbocycles. The van der Waals surface area contributed by atoms with Gasteiger partial charge in [0.25, 0.3) is 0 Å². The van der Waals surface area contributed by atoms with E-state index in [0.29, 0.717) is 23.2 Å². The highest BCUT2D eigenvalue weighted by molar-refractivity contribution is 5.93. The zero-order valence-electron chi connectivity index (χ0n) is 20.7. The lowest BCUT2D eigenvalue weighted by Gasteiger charge is -2.24. The van der Waals surface area contributed by atoms with E-state index >= 15 is 0 Å². The number of nitrogens with one attached hydrogen (secondary N) is 2. The normalized spacial score (nSPS) is 16.1. The summed E-state index contributed by atoms with van der Waals surface area (Å²) in [6, 6.07) is 3.94. The van der Waals surface area contributed by atoms with Crippen LogP contribution in [0.3, 0.4) is 0 Å². The van der Waals surface area contributed by atoms with E-state index in [0.717, 1.165) is 0 Å². The number of esters is 1. The minimum Gasteiger partial charge on any atom is -0.481 e. The predicted octanol–water partition coefficient (Wildman–Crippen LogP) is 3.15. The number of ether oxygens (including phenoxy) is 2. The Kier molecular flexibility index (Phi) is 8.52. The molecule has 2 amide bonds. The average Bonchev–Trinajstić information content (AvgIpc) is 2.78. The molecule has 0 saturated heterocycles. The van der Waals surface area contributed by atoms with E-state index in [4.69, 9.17) is 9.47 Å². The number of alkyl carbamates (subject to hydrolysis) is 1. The molecule has 0 fully saturated rings. The second-order valence-corrected chi connectivity index (χ2v) is 10.2. The highest BCUT2D eigenvalue weighted by atomic mass is 16.6. The number of aliphatic carboxylic acids is 1. The molecule has 0 aliphatic carbocycles. The first-order chi connectivity index (χ1) is 15.6. The Bertz CT molecular complexity index is 931. The maximum Gasteiger partial charge on any atom is 0.407 e. The van der Waals surface area contributed by atoms with Crippen LogP contribution in [-0.4, -0.2) is 64.3 Å². The maximum absolute atomic E-state index is 13.1. The standard InChI is InChI=1S/C24H35N3O7/c1-23(2,3)33-21(31)15-8-9-17-16(12-15)14-27(20(30)18(26-17)13-19(28)29)11-7-10-25-22(32)34-24(4,5)6/h8-9,12,18,26H,7,10-11,13-14H2,1-6H3,(H,25,32)(H,28,29). The van der Waals surface area contributed by atoms with Crippen LogP contribution in [0.4, 0.5) is 10.5 Å². The largest absolute Gasteiger partial charge is 0.481 e. The number of nitrogens with zero attached hydrogens (tertiary/aromatic N) is 1. The zero-order chi connectivity index (χ0) is 25.7.